The van der Waals surface area contributed by atoms with Crippen LogP contribution >= 0.6 is 0 Å². The maximum atomic E-state index is 12.4. The lowest BCUT2D eigenvalue weighted by molar-refractivity contribution is -0.120. The van der Waals surface area contributed by atoms with Crippen molar-refractivity contribution in [2.45, 2.75) is 26.8 Å². The molecule has 0 aliphatic carbocycles. The van der Waals surface area contributed by atoms with E-state index >= 15 is 0 Å². The third-order valence-electron chi connectivity index (χ3n) is 4.78. The Morgan fingerprint density at radius 1 is 1.07 bits per heavy atom. The standard InChI is InChI=1S/C22H23NO5/c1-13-7-17-16(12-28-20(17)8-14(13)2)10-21(24)23-11-15-5-6-19(26-3)18(9-15)22(25)27-4/h5-9,12H,10-11H2,1-4H3,(H,23,24). The van der Waals surface area contributed by atoms with Gasteiger partial charge in [-0.3, -0.25) is 4.79 Å². The van der Waals surface area contributed by atoms with Crippen LogP contribution in [0.5, 0.6) is 5.75 Å². The van der Waals surface area contributed by atoms with Crippen LogP contribution in [0.3, 0.4) is 0 Å². The fraction of sp³-hybridized carbons (Fsp3) is 0.273. The van der Waals surface area contributed by atoms with Gasteiger partial charge in [0.25, 0.3) is 0 Å². The summed E-state index contributed by atoms with van der Waals surface area (Å²) in [5, 5.41) is 3.83. The largest absolute Gasteiger partial charge is 0.496 e. The van der Waals surface area contributed by atoms with Crippen LogP contribution in [-0.2, 0) is 22.5 Å². The molecule has 0 aliphatic rings. The molecule has 0 bridgehead atoms. The molecule has 0 saturated heterocycles. The first-order valence-electron chi connectivity index (χ1n) is 8.92. The Balaban J connectivity index is 1.69. The highest BCUT2D eigenvalue weighted by Crippen LogP contribution is 2.25. The number of hydrogen-bond acceptors (Lipinski definition) is 5. The van der Waals surface area contributed by atoms with Crippen molar-refractivity contribution in [1.82, 2.24) is 5.32 Å². The van der Waals surface area contributed by atoms with Gasteiger partial charge in [0, 0.05) is 17.5 Å². The van der Waals surface area contributed by atoms with Gasteiger partial charge in [0.1, 0.15) is 16.9 Å². The van der Waals surface area contributed by atoms with Crippen LogP contribution in [0.2, 0.25) is 0 Å². The summed E-state index contributed by atoms with van der Waals surface area (Å²) < 4.78 is 15.5. The molecule has 0 radical (unpaired) electrons. The van der Waals surface area contributed by atoms with E-state index in [-0.39, 0.29) is 12.3 Å². The van der Waals surface area contributed by atoms with Crippen molar-refractivity contribution < 1.29 is 23.5 Å². The first-order valence-corrected chi connectivity index (χ1v) is 8.92. The Labute approximate surface area is 163 Å². The SMILES string of the molecule is COC(=O)c1cc(CNC(=O)Cc2coc3cc(C)c(C)cc23)ccc1OC. The van der Waals surface area contributed by atoms with Gasteiger partial charge in [-0.15, -0.1) is 0 Å². The summed E-state index contributed by atoms with van der Waals surface area (Å²) in [5.74, 6) is -0.186. The molecule has 3 rings (SSSR count). The molecule has 28 heavy (non-hydrogen) atoms. The van der Waals surface area contributed by atoms with Crippen molar-refractivity contribution in [3.8, 4) is 5.75 Å². The van der Waals surface area contributed by atoms with Crippen LogP contribution in [0.4, 0.5) is 0 Å². The number of furan rings is 1. The minimum atomic E-state index is -0.486. The van der Waals surface area contributed by atoms with Crippen molar-refractivity contribution in [2.24, 2.45) is 0 Å². The van der Waals surface area contributed by atoms with Crippen molar-refractivity contribution in [3.05, 3.63) is 64.4 Å². The van der Waals surface area contributed by atoms with Gasteiger partial charge in [0.2, 0.25) is 5.91 Å². The number of carbonyl (C=O) groups excluding carboxylic acids is 2. The summed E-state index contributed by atoms with van der Waals surface area (Å²) in [6.45, 7) is 4.36. The maximum Gasteiger partial charge on any atom is 0.341 e. The van der Waals surface area contributed by atoms with Crippen molar-refractivity contribution >= 4 is 22.8 Å². The smallest absolute Gasteiger partial charge is 0.341 e. The number of ether oxygens (including phenoxy) is 2. The Hall–Kier alpha value is -3.28. The molecule has 2 aromatic carbocycles. The van der Waals surface area contributed by atoms with Crippen LogP contribution in [0.1, 0.15) is 32.6 Å². The lowest BCUT2D eigenvalue weighted by atomic mass is 10.0. The second kappa shape index (κ2) is 8.17. The zero-order chi connectivity index (χ0) is 20.3. The molecule has 0 fully saturated rings. The second-order valence-corrected chi connectivity index (χ2v) is 6.67. The number of amides is 1. The minimum absolute atomic E-state index is 0.128. The summed E-state index contributed by atoms with van der Waals surface area (Å²) in [6.07, 6.45) is 1.85. The molecule has 6 heteroatoms. The van der Waals surface area contributed by atoms with Gasteiger partial charge in [-0.2, -0.15) is 0 Å². The van der Waals surface area contributed by atoms with Crippen LogP contribution in [0, 0.1) is 13.8 Å². The average molecular weight is 381 g/mol. The highest BCUT2D eigenvalue weighted by atomic mass is 16.5. The number of benzene rings is 2. The number of aryl methyl sites for hydroxylation is 2. The predicted molar refractivity (Wildman–Crippen MR) is 106 cm³/mol. The third-order valence-corrected chi connectivity index (χ3v) is 4.78. The molecule has 0 saturated carbocycles. The van der Waals surface area contributed by atoms with Crippen LogP contribution in [0.25, 0.3) is 11.0 Å². The molecule has 146 valence electrons. The van der Waals surface area contributed by atoms with E-state index in [2.05, 4.69) is 5.32 Å². The van der Waals surface area contributed by atoms with Gasteiger partial charge in [-0.05, 0) is 54.8 Å². The maximum absolute atomic E-state index is 12.4. The number of methoxy groups -OCH3 is 2. The summed E-state index contributed by atoms with van der Waals surface area (Å²) in [6, 6.07) is 9.17. The molecule has 1 N–H and O–H groups in total. The summed E-state index contributed by atoms with van der Waals surface area (Å²) in [7, 11) is 2.80. The topological polar surface area (TPSA) is 77.8 Å². The quantitative estimate of drug-likeness (QED) is 0.659. The Bertz CT molecular complexity index is 1030. The number of nitrogens with one attached hydrogen (secondary N) is 1. The van der Waals surface area contributed by atoms with Crippen LogP contribution < -0.4 is 10.1 Å². The van der Waals surface area contributed by atoms with Crippen LogP contribution in [0.15, 0.2) is 41.0 Å². The number of hydrogen-bond donors (Lipinski definition) is 1. The van der Waals surface area contributed by atoms with E-state index in [1.54, 1.807) is 24.5 Å². The van der Waals surface area contributed by atoms with Gasteiger partial charge in [0.05, 0.1) is 26.9 Å². The Morgan fingerprint density at radius 3 is 2.54 bits per heavy atom. The second-order valence-electron chi connectivity index (χ2n) is 6.67. The van der Waals surface area contributed by atoms with E-state index in [0.717, 1.165) is 33.2 Å². The highest BCUT2D eigenvalue weighted by Gasteiger charge is 2.15. The van der Waals surface area contributed by atoms with Crippen LogP contribution in [-0.4, -0.2) is 26.1 Å². The Morgan fingerprint density at radius 2 is 1.82 bits per heavy atom. The first kappa shape index (κ1) is 19.5. The van der Waals surface area contributed by atoms with E-state index in [4.69, 9.17) is 13.9 Å². The fourth-order valence-corrected chi connectivity index (χ4v) is 3.04. The number of esters is 1. The highest BCUT2D eigenvalue weighted by molar-refractivity contribution is 5.92. The van der Waals surface area contributed by atoms with Crippen molar-refractivity contribution in [2.75, 3.05) is 14.2 Å². The molecule has 1 aromatic heterocycles. The van der Waals surface area contributed by atoms with Crippen molar-refractivity contribution in [3.63, 3.8) is 0 Å². The first-order chi connectivity index (χ1) is 13.4. The van der Waals surface area contributed by atoms with E-state index in [0.29, 0.717) is 17.9 Å². The third kappa shape index (κ3) is 4.01. The zero-order valence-corrected chi connectivity index (χ0v) is 16.4. The number of rotatable bonds is 6. The summed E-state index contributed by atoms with van der Waals surface area (Å²) in [4.78, 5) is 24.3. The molecular formula is C22H23NO5. The molecule has 1 heterocycles. The van der Waals surface area contributed by atoms with E-state index < -0.39 is 5.97 Å². The molecule has 0 spiro atoms. The monoisotopic (exact) mass is 381 g/mol. The van der Waals surface area contributed by atoms with Crippen molar-refractivity contribution in [1.29, 1.82) is 0 Å². The molecule has 1 amide bonds. The van der Waals surface area contributed by atoms with E-state index in [9.17, 15) is 9.59 Å². The minimum Gasteiger partial charge on any atom is -0.496 e. The van der Waals surface area contributed by atoms with Gasteiger partial charge in [-0.1, -0.05) is 6.07 Å². The normalized spacial score (nSPS) is 10.7. The Kier molecular flexibility index (Phi) is 5.68. The number of fused-ring (bicyclic) bond motifs is 1. The molecule has 6 nitrogen and oxygen atoms in total. The average Bonchev–Trinajstić information content (AvgIpc) is 3.07. The zero-order valence-electron chi connectivity index (χ0n) is 16.4. The molecule has 3 aromatic rings. The van der Waals surface area contributed by atoms with Gasteiger partial charge < -0.3 is 19.2 Å². The molecule has 0 unspecified atom stereocenters. The van der Waals surface area contributed by atoms with Gasteiger partial charge in [-0.25, -0.2) is 4.79 Å². The van der Waals surface area contributed by atoms with Gasteiger partial charge in [0.15, 0.2) is 0 Å². The number of carbonyl (C=O) groups is 2. The van der Waals surface area contributed by atoms with E-state index in [1.165, 1.54) is 14.2 Å². The predicted octanol–water partition coefficient (Wildman–Crippen LogP) is 3.70. The molecular weight excluding hydrogens is 358 g/mol. The lowest BCUT2D eigenvalue weighted by Gasteiger charge is -2.10. The van der Waals surface area contributed by atoms with E-state index in [1.807, 2.05) is 26.0 Å². The molecule has 0 atom stereocenters. The summed E-state index contributed by atoms with van der Waals surface area (Å²) >= 11 is 0. The van der Waals surface area contributed by atoms with Gasteiger partial charge >= 0.3 is 5.97 Å². The lowest BCUT2D eigenvalue weighted by Crippen LogP contribution is -2.24. The summed E-state index contributed by atoms with van der Waals surface area (Å²) in [5.41, 5.74) is 5.04. The molecule has 0 aliphatic heterocycles. The fourth-order valence-electron chi connectivity index (χ4n) is 3.04.